The Kier molecular flexibility index (Phi) is 7.09. The van der Waals surface area contributed by atoms with Gasteiger partial charge in [0.15, 0.2) is 0 Å². The van der Waals surface area contributed by atoms with E-state index in [4.69, 9.17) is 34.0 Å². The molecule has 3 rings (SSSR count). The van der Waals surface area contributed by atoms with Gasteiger partial charge in [-0.3, -0.25) is 14.6 Å². The van der Waals surface area contributed by atoms with Gasteiger partial charge in [0.05, 0.1) is 28.6 Å². The van der Waals surface area contributed by atoms with Crippen LogP contribution in [-0.4, -0.2) is 65.1 Å². The molecular formula is C19H23Cl2N5O2. The van der Waals surface area contributed by atoms with E-state index in [2.05, 4.69) is 20.1 Å². The summed E-state index contributed by atoms with van der Waals surface area (Å²) < 4.78 is 0. The van der Waals surface area contributed by atoms with Gasteiger partial charge >= 0.3 is 0 Å². The highest BCUT2D eigenvalue weighted by atomic mass is 35.5. The Hall–Kier alpha value is -1.90. The van der Waals surface area contributed by atoms with Gasteiger partial charge in [0.2, 0.25) is 0 Å². The number of nitrogens with one attached hydrogen (secondary N) is 1. The van der Waals surface area contributed by atoms with Crippen molar-refractivity contribution in [3.63, 3.8) is 0 Å². The summed E-state index contributed by atoms with van der Waals surface area (Å²) in [6.07, 6.45) is 1.45. The zero-order chi connectivity index (χ0) is 20.1. The van der Waals surface area contributed by atoms with E-state index < -0.39 is 5.91 Å². The number of carbonyl (C=O) groups excluding carboxylic acids is 1. The number of carbonyl (C=O) groups is 1. The molecule has 0 saturated carbocycles. The number of aliphatic hydroxyl groups excluding tert-OH is 1. The smallest absolute Gasteiger partial charge is 0.250 e. The van der Waals surface area contributed by atoms with Crippen molar-refractivity contribution < 1.29 is 9.90 Å². The highest BCUT2D eigenvalue weighted by Crippen LogP contribution is 2.29. The first-order valence-corrected chi connectivity index (χ1v) is 9.78. The normalized spacial score (nSPS) is 15.5. The van der Waals surface area contributed by atoms with E-state index >= 15 is 0 Å². The fraction of sp³-hybridized carbons (Fsp3) is 0.368. The summed E-state index contributed by atoms with van der Waals surface area (Å²) in [5.74, 6) is -0.520. The first-order chi connectivity index (χ1) is 13.5. The van der Waals surface area contributed by atoms with Gasteiger partial charge in [-0.2, -0.15) is 0 Å². The number of piperazine rings is 1. The predicted molar refractivity (Wildman–Crippen MR) is 111 cm³/mol. The molecule has 1 fully saturated rings. The zero-order valence-corrected chi connectivity index (χ0v) is 16.9. The molecule has 0 spiro atoms. The number of primary amides is 1. The van der Waals surface area contributed by atoms with Gasteiger partial charge in [-0.15, -0.1) is 0 Å². The fourth-order valence-electron chi connectivity index (χ4n) is 3.23. The molecule has 0 aliphatic carbocycles. The fourth-order valence-corrected chi connectivity index (χ4v) is 3.54. The van der Waals surface area contributed by atoms with Crippen molar-refractivity contribution in [2.24, 2.45) is 5.73 Å². The second-order valence-electron chi connectivity index (χ2n) is 6.70. The average molecular weight is 424 g/mol. The Morgan fingerprint density at radius 3 is 2.54 bits per heavy atom. The minimum atomic E-state index is -0.520. The Bertz CT molecular complexity index is 841. The summed E-state index contributed by atoms with van der Waals surface area (Å²) in [5, 5.41) is 12.8. The Morgan fingerprint density at radius 1 is 1.14 bits per heavy atom. The minimum Gasteiger partial charge on any atom is -0.395 e. The van der Waals surface area contributed by atoms with E-state index in [0.717, 1.165) is 38.3 Å². The van der Waals surface area contributed by atoms with Crippen LogP contribution in [0, 0.1) is 0 Å². The molecule has 7 nitrogen and oxygen atoms in total. The van der Waals surface area contributed by atoms with Gasteiger partial charge in [0.1, 0.15) is 5.15 Å². The number of aliphatic hydroxyl groups is 1. The van der Waals surface area contributed by atoms with E-state index in [9.17, 15) is 4.79 Å². The van der Waals surface area contributed by atoms with Crippen molar-refractivity contribution in [1.29, 1.82) is 0 Å². The van der Waals surface area contributed by atoms with E-state index in [0.29, 0.717) is 33.7 Å². The first-order valence-electron chi connectivity index (χ1n) is 9.02. The van der Waals surface area contributed by atoms with E-state index in [1.165, 1.54) is 6.20 Å². The van der Waals surface area contributed by atoms with Crippen LogP contribution in [-0.2, 0) is 6.54 Å². The number of anilines is 2. The SMILES string of the molecule is NC(=O)c1cc(CN2CCN(CCO)CC2)ccc1Nc1cc(Cl)ncc1Cl. The molecule has 0 bridgehead atoms. The van der Waals surface area contributed by atoms with Gasteiger partial charge in [-0.25, -0.2) is 4.98 Å². The van der Waals surface area contributed by atoms with Crippen LogP contribution in [0.15, 0.2) is 30.5 Å². The van der Waals surface area contributed by atoms with Crippen LogP contribution in [0.25, 0.3) is 0 Å². The molecule has 0 atom stereocenters. The molecule has 2 heterocycles. The number of nitrogens with two attached hydrogens (primary N) is 1. The van der Waals surface area contributed by atoms with E-state index in [1.54, 1.807) is 6.07 Å². The second kappa shape index (κ2) is 9.54. The van der Waals surface area contributed by atoms with Crippen molar-refractivity contribution in [2.45, 2.75) is 6.54 Å². The molecule has 1 aromatic heterocycles. The molecule has 1 aliphatic heterocycles. The van der Waals surface area contributed by atoms with Gasteiger partial charge < -0.3 is 16.2 Å². The Balaban J connectivity index is 1.73. The number of aromatic nitrogens is 1. The lowest BCUT2D eigenvalue weighted by Crippen LogP contribution is -2.46. The Labute approximate surface area is 174 Å². The summed E-state index contributed by atoms with van der Waals surface area (Å²) in [6.45, 7) is 5.29. The molecule has 4 N–H and O–H groups in total. The van der Waals surface area contributed by atoms with Crippen molar-refractivity contribution >= 4 is 40.5 Å². The molecule has 0 unspecified atom stereocenters. The largest absolute Gasteiger partial charge is 0.395 e. The number of rotatable bonds is 7. The maximum absolute atomic E-state index is 12.0. The number of halogens is 2. The summed E-state index contributed by atoms with van der Waals surface area (Å²) in [5.41, 5.74) is 8.11. The van der Waals surface area contributed by atoms with Crippen molar-refractivity contribution in [3.8, 4) is 0 Å². The van der Waals surface area contributed by atoms with Crippen LogP contribution in [0.5, 0.6) is 0 Å². The van der Waals surface area contributed by atoms with Crippen LogP contribution in [0.3, 0.4) is 0 Å². The third-order valence-electron chi connectivity index (χ3n) is 4.73. The topological polar surface area (TPSA) is 94.7 Å². The molecule has 9 heteroatoms. The highest BCUT2D eigenvalue weighted by molar-refractivity contribution is 6.34. The zero-order valence-electron chi connectivity index (χ0n) is 15.4. The lowest BCUT2D eigenvalue weighted by Gasteiger charge is -2.34. The van der Waals surface area contributed by atoms with E-state index in [-0.39, 0.29) is 6.61 Å². The van der Waals surface area contributed by atoms with Crippen LogP contribution in [0.1, 0.15) is 15.9 Å². The number of nitrogens with zero attached hydrogens (tertiary/aromatic N) is 3. The van der Waals surface area contributed by atoms with Gasteiger partial charge in [-0.05, 0) is 17.7 Å². The number of benzene rings is 1. The second-order valence-corrected chi connectivity index (χ2v) is 7.49. The van der Waals surface area contributed by atoms with Crippen LogP contribution >= 0.6 is 23.2 Å². The monoisotopic (exact) mass is 423 g/mol. The third kappa shape index (κ3) is 5.33. The number of hydrogen-bond donors (Lipinski definition) is 3. The summed E-state index contributed by atoms with van der Waals surface area (Å²) in [4.78, 5) is 20.5. The van der Waals surface area contributed by atoms with Crippen molar-refractivity contribution in [2.75, 3.05) is 44.6 Å². The van der Waals surface area contributed by atoms with Crippen molar-refractivity contribution in [1.82, 2.24) is 14.8 Å². The molecule has 28 heavy (non-hydrogen) atoms. The quantitative estimate of drug-likeness (QED) is 0.591. The molecule has 1 aliphatic rings. The van der Waals surface area contributed by atoms with E-state index in [1.807, 2.05) is 18.2 Å². The molecule has 1 aromatic carbocycles. The van der Waals surface area contributed by atoms with Gasteiger partial charge in [0.25, 0.3) is 5.91 Å². The van der Waals surface area contributed by atoms with Crippen LogP contribution in [0.2, 0.25) is 10.2 Å². The minimum absolute atomic E-state index is 0.184. The van der Waals surface area contributed by atoms with Gasteiger partial charge in [-0.1, -0.05) is 29.3 Å². The Morgan fingerprint density at radius 2 is 1.86 bits per heavy atom. The maximum atomic E-state index is 12.0. The predicted octanol–water partition coefficient (Wildman–Crippen LogP) is 2.34. The first kappa shape index (κ1) is 20.8. The molecular weight excluding hydrogens is 401 g/mol. The maximum Gasteiger partial charge on any atom is 0.250 e. The number of β-amino-alcohol motifs (C(OH)–C–C–N with tert-alkyl or cyclic N) is 1. The van der Waals surface area contributed by atoms with Crippen LogP contribution in [0.4, 0.5) is 11.4 Å². The lowest BCUT2D eigenvalue weighted by atomic mass is 10.1. The van der Waals surface area contributed by atoms with Crippen molar-refractivity contribution in [3.05, 3.63) is 51.8 Å². The molecule has 1 amide bonds. The molecule has 0 radical (unpaired) electrons. The number of pyridine rings is 1. The van der Waals surface area contributed by atoms with Crippen LogP contribution < -0.4 is 11.1 Å². The number of amides is 1. The average Bonchev–Trinajstić information content (AvgIpc) is 2.67. The molecule has 2 aromatic rings. The molecule has 150 valence electrons. The molecule has 1 saturated heterocycles. The number of hydrogen-bond acceptors (Lipinski definition) is 6. The highest BCUT2D eigenvalue weighted by Gasteiger charge is 2.18. The summed E-state index contributed by atoms with van der Waals surface area (Å²) in [6, 6.07) is 7.18. The standard InChI is InChI=1S/C19H23Cl2N5O2/c20-15-11-23-18(21)10-17(15)24-16-2-1-13(9-14(16)19(22)28)12-26-5-3-25(4-6-26)7-8-27/h1-2,9-11,27H,3-8,12H2,(H2,22,28)(H,23,24). The van der Waals surface area contributed by atoms with Gasteiger partial charge in [0, 0.05) is 51.5 Å². The lowest BCUT2D eigenvalue weighted by molar-refractivity contribution is 0.100. The summed E-state index contributed by atoms with van der Waals surface area (Å²) >= 11 is 12.1. The summed E-state index contributed by atoms with van der Waals surface area (Å²) in [7, 11) is 0. The third-order valence-corrected chi connectivity index (χ3v) is 5.24.